The molecule has 3 rings (SSSR count). The molecule has 0 spiro atoms. The van der Waals surface area contributed by atoms with E-state index < -0.39 is 11.7 Å². The highest BCUT2D eigenvalue weighted by Gasteiger charge is 2.36. The van der Waals surface area contributed by atoms with Crippen molar-refractivity contribution in [3.8, 4) is 17.3 Å². The van der Waals surface area contributed by atoms with E-state index in [1.165, 1.54) is 12.1 Å². The van der Waals surface area contributed by atoms with Gasteiger partial charge in [0.05, 0.1) is 11.3 Å². The van der Waals surface area contributed by atoms with E-state index in [0.29, 0.717) is 13.1 Å². The van der Waals surface area contributed by atoms with Crippen LogP contribution in [0.1, 0.15) is 24.0 Å². The summed E-state index contributed by atoms with van der Waals surface area (Å²) in [5, 5.41) is 9.23. The van der Waals surface area contributed by atoms with Gasteiger partial charge in [-0.25, -0.2) is 4.98 Å². The number of nitriles is 1. The van der Waals surface area contributed by atoms with Crippen LogP contribution < -0.4 is 16.4 Å². The molecule has 4 N–H and O–H groups in total. The fourth-order valence-electron chi connectivity index (χ4n) is 2.96. The summed E-state index contributed by atoms with van der Waals surface area (Å²) in [4.78, 5) is 9.29. The number of halogens is 3. The zero-order chi connectivity index (χ0) is 18.2. The predicted molar refractivity (Wildman–Crippen MR) is 87.5 cm³/mol. The maximum atomic E-state index is 13.6. The Bertz CT molecular complexity index is 850. The van der Waals surface area contributed by atoms with Crippen molar-refractivity contribution in [2.24, 2.45) is 0 Å². The van der Waals surface area contributed by atoms with Crippen molar-refractivity contribution in [2.45, 2.75) is 19.0 Å². The molecule has 0 atom stereocenters. The number of nitrogens with two attached hydrogens (primary N) is 2. The second kappa shape index (κ2) is 6.12. The molecule has 6 nitrogen and oxygen atoms in total. The summed E-state index contributed by atoms with van der Waals surface area (Å²) in [7, 11) is 0. The molecule has 0 bridgehead atoms. The molecule has 130 valence electrons. The topological polar surface area (TPSA) is 105 Å². The van der Waals surface area contributed by atoms with Gasteiger partial charge in [-0.05, 0) is 25.0 Å². The van der Waals surface area contributed by atoms with E-state index in [4.69, 9.17) is 11.5 Å². The number of hydrogen-bond donors (Lipinski definition) is 2. The highest BCUT2D eigenvalue weighted by molar-refractivity contribution is 5.75. The van der Waals surface area contributed by atoms with Crippen LogP contribution >= 0.6 is 0 Å². The fourth-order valence-corrected chi connectivity index (χ4v) is 2.96. The number of nitrogen functional groups attached to an aromatic ring is 2. The summed E-state index contributed by atoms with van der Waals surface area (Å²) < 4.78 is 40.7. The van der Waals surface area contributed by atoms with E-state index in [2.05, 4.69) is 9.97 Å². The molecule has 25 heavy (non-hydrogen) atoms. The summed E-state index contributed by atoms with van der Waals surface area (Å²) >= 11 is 0. The number of hydrogen-bond acceptors (Lipinski definition) is 6. The van der Waals surface area contributed by atoms with Crippen LogP contribution in [-0.4, -0.2) is 23.1 Å². The van der Waals surface area contributed by atoms with Gasteiger partial charge >= 0.3 is 6.18 Å². The van der Waals surface area contributed by atoms with E-state index in [-0.39, 0.29) is 34.3 Å². The van der Waals surface area contributed by atoms with Gasteiger partial charge < -0.3 is 16.4 Å². The summed E-state index contributed by atoms with van der Waals surface area (Å²) in [6, 6.07) is 5.70. The Labute approximate surface area is 141 Å². The third-order valence-electron chi connectivity index (χ3n) is 4.09. The monoisotopic (exact) mass is 348 g/mol. The van der Waals surface area contributed by atoms with E-state index in [1.807, 2.05) is 6.07 Å². The highest BCUT2D eigenvalue weighted by atomic mass is 19.4. The van der Waals surface area contributed by atoms with Gasteiger partial charge in [0, 0.05) is 24.3 Å². The Morgan fingerprint density at radius 3 is 2.40 bits per heavy atom. The first kappa shape index (κ1) is 16.8. The minimum Gasteiger partial charge on any atom is -0.382 e. The van der Waals surface area contributed by atoms with E-state index in [9.17, 15) is 18.4 Å². The molecule has 2 aromatic rings. The van der Waals surface area contributed by atoms with E-state index >= 15 is 0 Å². The average molecular weight is 348 g/mol. The summed E-state index contributed by atoms with van der Waals surface area (Å²) in [5.74, 6) is -0.370. The SMILES string of the molecule is N#Cc1c(N)nc(N)nc1-c1ccc(N2CCCC2)c(C(F)(F)F)c1. The first-order valence-electron chi connectivity index (χ1n) is 7.61. The lowest BCUT2D eigenvalue weighted by atomic mass is 10.0. The van der Waals surface area contributed by atoms with Crippen LogP contribution in [0.2, 0.25) is 0 Å². The fraction of sp³-hybridized carbons (Fsp3) is 0.312. The third kappa shape index (κ3) is 3.15. The maximum Gasteiger partial charge on any atom is 0.418 e. The van der Waals surface area contributed by atoms with Gasteiger partial charge in [0.25, 0.3) is 0 Å². The summed E-state index contributed by atoms with van der Waals surface area (Å²) in [6.45, 7) is 1.17. The Hall–Kier alpha value is -3.02. The Morgan fingerprint density at radius 2 is 1.80 bits per heavy atom. The number of alkyl halides is 3. The van der Waals surface area contributed by atoms with Crippen LogP contribution in [0.4, 0.5) is 30.6 Å². The van der Waals surface area contributed by atoms with Gasteiger partial charge in [0.1, 0.15) is 17.5 Å². The highest BCUT2D eigenvalue weighted by Crippen LogP contribution is 2.40. The predicted octanol–water partition coefficient (Wildman–Crippen LogP) is 2.80. The molecule has 0 aliphatic carbocycles. The molecular weight excluding hydrogens is 333 g/mol. The van der Waals surface area contributed by atoms with Gasteiger partial charge in [-0.2, -0.15) is 23.4 Å². The summed E-state index contributed by atoms with van der Waals surface area (Å²) in [6.07, 6.45) is -2.82. The molecule has 2 heterocycles. The lowest BCUT2D eigenvalue weighted by molar-refractivity contribution is -0.137. The maximum absolute atomic E-state index is 13.6. The van der Waals surface area contributed by atoms with Gasteiger partial charge in [0.2, 0.25) is 5.95 Å². The van der Waals surface area contributed by atoms with Crippen LogP contribution in [0.3, 0.4) is 0 Å². The molecule has 1 aliphatic heterocycles. The van der Waals surface area contributed by atoms with Gasteiger partial charge in [0.15, 0.2) is 0 Å². The van der Waals surface area contributed by atoms with Gasteiger partial charge in [-0.15, -0.1) is 0 Å². The molecule has 1 saturated heterocycles. The van der Waals surface area contributed by atoms with Crippen molar-refractivity contribution in [2.75, 3.05) is 29.5 Å². The molecule has 1 aromatic carbocycles. The lowest BCUT2D eigenvalue weighted by Crippen LogP contribution is -2.22. The molecule has 0 unspecified atom stereocenters. The second-order valence-electron chi connectivity index (χ2n) is 5.73. The standard InChI is InChI=1S/C16H15F3N6/c17-16(18,19)11-7-9(3-4-12(11)25-5-1-2-6-25)13-10(8-20)14(21)24-15(22)23-13/h3-4,7H,1-2,5-6H2,(H4,21,22,23,24). The van der Waals surface area contributed by atoms with Crippen molar-refractivity contribution in [1.82, 2.24) is 9.97 Å². The molecule has 1 fully saturated rings. The lowest BCUT2D eigenvalue weighted by Gasteiger charge is -2.23. The number of anilines is 3. The molecule has 0 amide bonds. The zero-order valence-electron chi connectivity index (χ0n) is 13.1. The van der Waals surface area contributed by atoms with Gasteiger partial charge in [-0.1, -0.05) is 6.07 Å². The quantitative estimate of drug-likeness (QED) is 0.865. The van der Waals surface area contributed by atoms with Crippen molar-refractivity contribution in [3.63, 3.8) is 0 Å². The Kier molecular flexibility index (Phi) is 4.12. The van der Waals surface area contributed by atoms with Crippen molar-refractivity contribution in [1.29, 1.82) is 5.26 Å². The number of nitrogens with zero attached hydrogens (tertiary/aromatic N) is 4. The first-order chi connectivity index (χ1) is 11.8. The minimum atomic E-state index is -4.54. The number of rotatable bonds is 2. The molecular formula is C16H15F3N6. The van der Waals surface area contributed by atoms with Crippen LogP contribution in [0, 0.1) is 11.3 Å². The molecule has 0 radical (unpaired) electrons. The summed E-state index contributed by atoms with van der Waals surface area (Å²) in [5.41, 5.74) is 10.5. The molecule has 9 heteroatoms. The number of aromatic nitrogens is 2. The molecule has 0 saturated carbocycles. The van der Waals surface area contributed by atoms with E-state index in [1.54, 1.807) is 4.90 Å². The van der Waals surface area contributed by atoms with Crippen LogP contribution in [-0.2, 0) is 6.18 Å². The van der Waals surface area contributed by atoms with Crippen molar-refractivity contribution < 1.29 is 13.2 Å². The van der Waals surface area contributed by atoms with Crippen molar-refractivity contribution >= 4 is 17.5 Å². The molecule has 1 aliphatic rings. The smallest absolute Gasteiger partial charge is 0.382 e. The Morgan fingerprint density at radius 1 is 1.12 bits per heavy atom. The second-order valence-corrected chi connectivity index (χ2v) is 5.73. The first-order valence-corrected chi connectivity index (χ1v) is 7.61. The Balaban J connectivity index is 2.18. The van der Waals surface area contributed by atoms with E-state index in [0.717, 1.165) is 18.9 Å². The largest absolute Gasteiger partial charge is 0.418 e. The minimum absolute atomic E-state index is 0.00836. The van der Waals surface area contributed by atoms with Crippen LogP contribution in [0.15, 0.2) is 18.2 Å². The third-order valence-corrected chi connectivity index (χ3v) is 4.09. The van der Waals surface area contributed by atoms with Gasteiger partial charge in [-0.3, -0.25) is 0 Å². The van der Waals surface area contributed by atoms with Crippen LogP contribution in [0.25, 0.3) is 11.3 Å². The normalized spacial score (nSPS) is 14.6. The average Bonchev–Trinajstić information content (AvgIpc) is 3.07. The van der Waals surface area contributed by atoms with Crippen LogP contribution in [0.5, 0.6) is 0 Å². The zero-order valence-corrected chi connectivity index (χ0v) is 13.1. The number of benzene rings is 1. The molecule has 1 aromatic heterocycles. The van der Waals surface area contributed by atoms with Crippen molar-refractivity contribution in [3.05, 3.63) is 29.3 Å².